The van der Waals surface area contributed by atoms with Crippen LogP contribution in [0.15, 0.2) is 30.3 Å². The van der Waals surface area contributed by atoms with Crippen LogP contribution in [0.1, 0.15) is 21.7 Å². The molecule has 5 nitrogen and oxygen atoms in total. The zero-order chi connectivity index (χ0) is 15.4. The number of nitrogens with one attached hydrogen (secondary N) is 1. The highest BCUT2D eigenvalue weighted by Gasteiger charge is 2.11. The van der Waals surface area contributed by atoms with Gasteiger partial charge in [0, 0.05) is 10.7 Å². The van der Waals surface area contributed by atoms with Crippen LogP contribution in [0, 0.1) is 13.8 Å². The summed E-state index contributed by atoms with van der Waals surface area (Å²) in [5, 5.41) is 7.31. The molecule has 1 aromatic heterocycles. The van der Waals surface area contributed by atoms with Crippen molar-refractivity contribution in [1.29, 1.82) is 0 Å². The SMILES string of the molecule is Cc1cc(C)n(C(=O)CNC(=O)Cc2ccc(Cl)cc2)n1. The van der Waals surface area contributed by atoms with E-state index in [4.69, 9.17) is 11.6 Å². The van der Waals surface area contributed by atoms with Gasteiger partial charge in [-0.2, -0.15) is 5.10 Å². The van der Waals surface area contributed by atoms with Gasteiger partial charge in [0.1, 0.15) is 0 Å². The van der Waals surface area contributed by atoms with Crippen LogP contribution in [0.5, 0.6) is 0 Å². The summed E-state index contributed by atoms with van der Waals surface area (Å²) in [6.07, 6.45) is 0.210. The molecule has 1 N–H and O–H groups in total. The topological polar surface area (TPSA) is 64.0 Å². The minimum Gasteiger partial charge on any atom is -0.347 e. The molecule has 0 aliphatic rings. The molecule has 0 bridgehead atoms. The smallest absolute Gasteiger partial charge is 0.266 e. The molecule has 0 aliphatic heterocycles. The fraction of sp³-hybridized carbons (Fsp3) is 0.267. The van der Waals surface area contributed by atoms with Crippen LogP contribution in [-0.2, 0) is 11.2 Å². The van der Waals surface area contributed by atoms with E-state index in [0.717, 1.165) is 17.0 Å². The van der Waals surface area contributed by atoms with Crippen LogP contribution in [-0.4, -0.2) is 28.1 Å². The van der Waals surface area contributed by atoms with Crippen molar-refractivity contribution in [2.45, 2.75) is 20.3 Å². The quantitative estimate of drug-likeness (QED) is 0.941. The van der Waals surface area contributed by atoms with Crippen molar-refractivity contribution < 1.29 is 9.59 Å². The van der Waals surface area contributed by atoms with Crippen molar-refractivity contribution in [1.82, 2.24) is 15.1 Å². The van der Waals surface area contributed by atoms with Gasteiger partial charge in [-0.05, 0) is 37.6 Å². The molecule has 0 spiro atoms. The summed E-state index contributed by atoms with van der Waals surface area (Å²) >= 11 is 5.78. The van der Waals surface area contributed by atoms with E-state index in [1.54, 1.807) is 31.2 Å². The minimum atomic E-state index is -0.259. The van der Waals surface area contributed by atoms with E-state index in [1.807, 2.05) is 13.0 Å². The van der Waals surface area contributed by atoms with Crippen LogP contribution in [0.4, 0.5) is 0 Å². The second-order valence-electron chi connectivity index (χ2n) is 4.81. The molecule has 0 saturated heterocycles. The number of hydrogen-bond donors (Lipinski definition) is 1. The van der Waals surface area contributed by atoms with Crippen molar-refractivity contribution in [3.05, 3.63) is 52.3 Å². The molecule has 0 radical (unpaired) electrons. The third-order valence-corrected chi connectivity index (χ3v) is 3.21. The fourth-order valence-electron chi connectivity index (χ4n) is 1.98. The van der Waals surface area contributed by atoms with E-state index in [9.17, 15) is 9.59 Å². The Balaban J connectivity index is 1.88. The number of nitrogens with zero attached hydrogens (tertiary/aromatic N) is 2. The lowest BCUT2D eigenvalue weighted by atomic mass is 10.1. The van der Waals surface area contributed by atoms with Crippen LogP contribution < -0.4 is 5.32 Å². The molecule has 1 amide bonds. The third kappa shape index (κ3) is 4.16. The van der Waals surface area contributed by atoms with E-state index in [2.05, 4.69) is 10.4 Å². The Kier molecular flexibility index (Phi) is 4.75. The second kappa shape index (κ2) is 6.54. The van der Waals surface area contributed by atoms with Gasteiger partial charge in [-0.3, -0.25) is 9.59 Å². The van der Waals surface area contributed by atoms with Gasteiger partial charge in [0.25, 0.3) is 5.91 Å². The number of amides is 1. The minimum absolute atomic E-state index is 0.0750. The first-order valence-electron chi connectivity index (χ1n) is 6.53. The number of hydrogen-bond acceptors (Lipinski definition) is 3. The summed E-state index contributed by atoms with van der Waals surface area (Å²) in [5.41, 5.74) is 2.37. The maximum Gasteiger partial charge on any atom is 0.266 e. The first kappa shape index (κ1) is 15.3. The Labute approximate surface area is 127 Å². The van der Waals surface area contributed by atoms with Crippen LogP contribution in [0.2, 0.25) is 5.02 Å². The maximum absolute atomic E-state index is 11.9. The lowest BCUT2D eigenvalue weighted by molar-refractivity contribution is -0.120. The van der Waals surface area contributed by atoms with Gasteiger partial charge >= 0.3 is 0 Å². The average Bonchev–Trinajstić information content (AvgIpc) is 2.78. The fourth-order valence-corrected chi connectivity index (χ4v) is 2.11. The zero-order valence-corrected chi connectivity index (χ0v) is 12.6. The zero-order valence-electron chi connectivity index (χ0n) is 11.9. The number of rotatable bonds is 4. The first-order chi connectivity index (χ1) is 9.95. The van der Waals surface area contributed by atoms with Gasteiger partial charge in [0.2, 0.25) is 5.91 Å². The average molecular weight is 306 g/mol. The highest BCUT2D eigenvalue weighted by molar-refractivity contribution is 6.30. The van der Waals surface area contributed by atoms with Crippen LogP contribution >= 0.6 is 11.6 Å². The van der Waals surface area contributed by atoms with Gasteiger partial charge in [0.15, 0.2) is 0 Å². The van der Waals surface area contributed by atoms with Crippen molar-refractivity contribution in [3.63, 3.8) is 0 Å². The summed E-state index contributed by atoms with van der Waals surface area (Å²) in [4.78, 5) is 23.7. The van der Waals surface area contributed by atoms with Crippen LogP contribution in [0.25, 0.3) is 0 Å². The summed E-state index contributed by atoms with van der Waals surface area (Å²) in [6.45, 7) is 3.54. The summed E-state index contributed by atoms with van der Waals surface area (Å²) in [6, 6.07) is 8.83. The normalized spacial score (nSPS) is 10.4. The van der Waals surface area contributed by atoms with Crippen LogP contribution in [0.3, 0.4) is 0 Å². The Bertz CT molecular complexity index is 662. The van der Waals surface area contributed by atoms with E-state index in [0.29, 0.717) is 5.02 Å². The Morgan fingerprint density at radius 1 is 1.24 bits per heavy atom. The number of halogens is 1. The molecule has 2 aromatic rings. The van der Waals surface area contributed by atoms with Crippen molar-refractivity contribution >= 4 is 23.4 Å². The Morgan fingerprint density at radius 3 is 2.48 bits per heavy atom. The molecule has 110 valence electrons. The molecule has 6 heteroatoms. The molecule has 0 saturated carbocycles. The highest BCUT2D eigenvalue weighted by Crippen LogP contribution is 2.09. The predicted molar refractivity (Wildman–Crippen MR) is 80.5 cm³/mol. The molecule has 0 unspecified atom stereocenters. The Morgan fingerprint density at radius 2 is 1.90 bits per heavy atom. The second-order valence-corrected chi connectivity index (χ2v) is 5.25. The van der Waals surface area contributed by atoms with Gasteiger partial charge in [-0.1, -0.05) is 23.7 Å². The summed E-state index contributed by atoms with van der Waals surface area (Å²) in [7, 11) is 0. The van der Waals surface area contributed by atoms with Gasteiger partial charge in [-0.15, -0.1) is 0 Å². The third-order valence-electron chi connectivity index (χ3n) is 2.96. The standard InChI is InChI=1S/C15H16ClN3O2/c1-10-7-11(2)19(18-10)15(21)9-17-14(20)8-12-3-5-13(16)6-4-12/h3-7H,8-9H2,1-2H3,(H,17,20). The number of aryl methyl sites for hydroxylation is 2. The highest BCUT2D eigenvalue weighted by atomic mass is 35.5. The Hall–Kier alpha value is -2.14. The van der Waals surface area contributed by atoms with Gasteiger partial charge < -0.3 is 5.32 Å². The first-order valence-corrected chi connectivity index (χ1v) is 6.91. The molecule has 1 heterocycles. The monoisotopic (exact) mass is 305 g/mol. The molecule has 21 heavy (non-hydrogen) atoms. The van der Waals surface area contributed by atoms with Crippen molar-refractivity contribution in [3.8, 4) is 0 Å². The largest absolute Gasteiger partial charge is 0.347 e. The van der Waals surface area contributed by atoms with E-state index in [-0.39, 0.29) is 24.8 Å². The number of aromatic nitrogens is 2. The predicted octanol–water partition coefficient (Wildman–Crippen LogP) is 2.15. The van der Waals surface area contributed by atoms with E-state index < -0.39 is 0 Å². The summed E-state index contributed by atoms with van der Waals surface area (Å²) in [5.74, 6) is -0.475. The van der Waals surface area contributed by atoms with E-state index >= 15 is 0 Å². The van der Waals surface area contributed by atoms with Crippen molar-refractivity contribution in [2.75, 3.05) is 6.54 Å². The molecule has 0 fully saturated rings. The lowest BCUT2D eigenvalue weighted by Crippen LogP contribution is -2.34. The number of carbonyl (C=O) groups is 2. The number of carbonyl (C=O) groups excluding carboxylic acids is 2. The van der Waals surface area contributed by atoms with Crippen molar-refractivity contribution in [2.24, 2.45) is 0 Å². The van der Waals surface area contributed by atoms with Gasteiger partial charge in [0.05, 0.1) is 18.7 Å². The van der Waals surface area contributed by atoms with E-state index in [1.165, 1.54) is 4.68 Å². The lowest BCUT2D eigenvalue weighted by Gasteiger charge is -2.06. The number of benzene rings is 1. The molecular formula is C15H16ClN3O2. The molecule has 0 aliphatic carbocycles. The molecule has 0 atom stereocenters. The molecular weight excluding hydrogens is 290 g/mol. The molecule has 1 aromatic carbocycles. The maximum atomic E-state index is 11.9. The van der Waals surface area contributed by atoms with Gasteiger partial charge in [-0.25, -0.2) is 4.68 Å². The summed E-state index contributed by atoms with van der Waals surface area (Å²) < 4.78 is 1.30. The molecule has 2 rings (SSSR count).